The minimum atomic E-state index is -1.12. The van der Waals surface area contributed by atoms with Crippen LogP contribution in [0.5, 0.6) is 0 Å². The molecule has 0 spiro atoms. The number of nitriles is 1. The SMILES string of the molecule is N#CC(CNC(=O)O)c1ccc(Br)cc1. The monoisotopic (exact) mass is 268 g/mol. The highest BCUT2D eigenvalue weighted by atomic mass is 79.9. The molecule has 0 aromatic heterocycles. The number of nitrogens with zero attached hydrogens (tertiary/aromatic N) is 1. The lowest BCUT2D eigenvalue weighted by Gasteiger charge is -2.08. The van der Waals surface area contributed by atoms with Gasteiger partial charge in [0, 0.05) is 11.0 Å². The zero-order chi connectivity index (χ0) is 11.3. The van der Waals surface area contributed by atoms with Gasteiger partial charge in [-0.1, -0.05) is 28.1 Å². The van der Waals surface area contributed by atoms with Crippen LogP contribution in [-0.4, -0.2) is 17.7 Å². The van der Waals surface area contributed by atoms with E-state index in [1.54, 1.807) is 12.1 Å². The number of hydrogen-bond donors (Lipinski definition) is 2. The van der Waals surface area contributed by atoms with Gasteiger partial charge in [0.15, 0.2) is 0 Å². The summed E-state index contributed by atoms with van der Waals surface area (Å²) in [5.74, 6) is -0.450. The first-order valence-electron chi connectivity index (χ1n) is 4.25. The Morgan fingerprint density at radius 3 is 2.60 bits per heavy atom. The molecule has 1 amide bonds. The van der Waals surface area contributed by atoms with Crippen LogP contribution in [-0.2, 0) is 0 Å². The second-order valence-corrected chi connectivity index (χ2v) is 3.83. The van der Waals surface area contributed by atoms with Crippen molar-refractivity contribution in [2.45, 2.75) is 5.92 Å². The first-order valence-corrected chi connectivity index (χ1v) is 5.04. The summed E-state index contributed by atoms with van der Waals surface area (Å²) in [6.45, 7) is 0.105. The van der Waals surface area contributed by atoms with Crippen molar-refractivity contribution in [3.8, 4) is 6.07 Å². The molecule has 78 valence electrons. The third-order valence-corrected chi connectivity index (χ3v) is 2.41. The Morgan fingerprint density at radius 1 is 1.53 bits per heavy atom. The third kappa shape index (κ3) is 3.60. The van der Waals surface area contributed by atoms with Crippen molar-refractivity contribution in [3.63, 3.8) is 0 Å². The topological polar surface area (TPSA) is 73.1 Å². The van der Waals surface area contributed by atoms with Gasteiger partial charge in [-0.15, -0.1) is 0 Å². The van der Waals surface area contributed by atoms with Crippen molar-refractivity contribution in [1.29, 1.82) is 5.26 Å². The highest BCUT2D eigenvalue weighted by molar-refractivity contribution is 9.10. The number of rotatable bonds is 3. The van der Waals surface area contributed by atoms with Gasteiger partial charge in [-0.25, -0.2) is 4.79 Å². The molecular formula is C10H9BrN2O2. The highest BCUT2D eigenvalue weighted by Crippen LogP contribution is 2.17. The summed E-state index contributed by atoms with van der Waals surface area (Å²) in [6.07, 6.45) is -1.12. The molecule has 0 heterocycles. The van der Waals surface area contributed by atoms with Crippen molar-refractivity contribution < 1.29 is 9.90 Å². The van der Waals surface area contributed by atoms with Crippen molar-refractivity contribution in [3.05, 3.63) is 34.3 Å². The van der Waals surface area contributed by atoms with Crippen molar-refractivity contribution in [2.75, 3.05) is 6.54 Å². The van der Waals surface area contributed by atoms with Gasteiger partial charge in [-0.3, -0.25) is 0 Å². The number of carboxylic acid groups (broad SMARTS) is 1. The van der Waals surface area contributed by atoms with E-state index in [4.69, 9.17) is 10.4 Å². The van der Waals surface area contributed by atoms with E-state index in [9.17, 15) is 4.79 Å². The molecule has 1 rings (SSSR count). The molecule has 0 fully saturated rings. The highest BCUT2D eigenvalue weighted by Gasteiger charge is 2.11. The van der Waals surface area contributed by atoms with Crippen LogP contribution < -0.4 is 5.32 Å². The lowest BCUT2D eigenvalue weighted by atomic mass is 10.0. The molecule has 1 atom stereocenters. The Kier molecular flexibility index (Phi) is 4.13. The van der Waals surface area contributed by atoms with Crippen LogP contribution in [0, 0.1) is 11.3 Å². The van der Waals surface area contributed by atoms with Crippen LogP contribution in [0.2, 0.25) is 0 Å². The Balaban J connectivity index is 2.71. The number of amides is 1. The standard InChI is InChI=1S/C10H9BrN2O2/c11-9-3-1-7(2-4-9)8(5-12)6-13-10(14)15/h1-4,8,13H,6H2,(H,14,15). The van der Waals surface area contributed by atoms with E-state index in [-0.39, 0.29) is 6.54 Å². The van der Waals surface area contributed by atoms with Crippen molar-refractivity contribution >= 4 is 22.0 Å². The molecule has 1 unspecified atom stereocenters. The van der Waals surface area contributed by atoms with Gasteiger partial charge in [0.25, 0.3) is 0 Å². The van der Waals surface area contributed by atoms with E-state index in [1.165, 1.54) is 0 Å². The van der Waals surface area contributed by atoms with Crippen LogP contribution in [0.4, 0.5) is 4.79 Å². The Hall–Kier alpha value is -1.54. The molecule has 2 N–H and O–H groups in total. The summed E-state index contributed by atoms with van der Waals surface area (Å²) < 4.78 is 0.925. The van der Waals surface area contributed by atoms with Gasteiger partial charge in [0.2, 0.25) is 0 Å². The van der Waals surface area contributed by atoms with Crippen LogP contribution in [0.15, 0.2) is 28.7 Å². The summed E-state index contributed by atoms with van der Waals surface area (Å²) in [4.78, 5) is 10.3. The lowest BCUT2D eigenvalue weighted by molar-refractivity contribution is 0.194. The number of carbonyl (C=O) groups is 1. The second-order valence-electron chi connectivity index (χ2n) is 2.92. The fraction of sp³-hybridized carbons (Fsp3) is 0.200. The van der Waals surface area contributed by atoms with Gasteiger partial charge in [0.1, 0.15) is 0 Å². The largest absolute Gasteiger partial charge is 0.465 e. The maximum absolute atomic E-state index is 10.3. The molecular weight excluding hydrogens is 260 g/mol. The van der Waals surface area contributed by atoms with Gasteiger partial charge in [0.05, 0.1) is 12.0 Å². The Morgan fingerprint density at radius 2 is 2.13 bits per heavy atom. The van der Waals surface area contributed by atoms with E-state index < -0.39 is 12.0 Å². The van der Waals surface area contributed by atoms with E-state index >= 15 is 0 Å². The molecule has 5 heteroatoms. The number of hydrogen-bond acceptors (Lipinski definition) is 2. The fourth-order valence-electron chi connectivity index (χ4n) is 1.12. The van der Waals surface area contributed by atoms with Gasteiger partial charge >= 0.3 is 6.09 Å². The van der Waals surface area contributed by atoms with E-state index in [0.29, 0.717) is 0 Å². The first-order chi connectivity index (χ1) is 7.13. The molecule has 0 saturated carbocycles. The molecule has 0 bridgehead atoms. The predicted octanol–water partition coefficient (Wildman–Crippen LogP) is 2.32. The van der Waals surface area contributed by atoms with Crippen LogP contribution >= 0.6 is 15.9 Å². The summed E-state index contributed by atoms with van der Waals surface area (Å²) in [5, 5.41) is 19.5. The maximum Gasteiger partial charge on any atom is 0.404 e. The molecule has 0 aliphatic rings. The zero-order valence-corrected chi connectivity index (χ0v) is 9.36. The van der Waals surface area contributed by atoms with Crippen LogP contribution in [0.1, 0.15) is 11.5 Å². The molecule has 1 aromatic rings. The molecule has 15 heavy (non-hydrogen) atoms. The normalized spacial score (nSPS) is 11.5. The average molecular weight is 269 g/mol. The summed E-state index contributed by atoms with van der Waals surface area (Å²) >= 11 is 3.29. The Bertz CT molecular complexity index is 383. The number of benzene rings is 1. The fourth-order valence-corrected chi connectivity index (χ4v) is 1.39. The summed E-state index contributed by atoms with van der Waals surface area (Å²) in [5.41, 5.74) is 0.800. The van der Waals surface area contributed by atoms with Gasteiger partial charge in [-0.05, 0) is 17.7 Å². The molecule has 0 aliphatic carbocycles. The molecule has 0 saturated heterocycles. The lowest BCUT2D eigenvalue weighted by Crippen LogP contribution is -2.26. The Labute approximate surface area is 95.7 Å². The van der Waals surface area contributed by atoms with Gasteiger partial charge in [-0.2, -0.15) is 5.26 Å². The number of halogens is 1. The van der Waals surface area contributed by atoms with Crippen molar-refractivity contribution in [1.82, 2.24) is 5.32 Å². The van der Waals surface area contributed by atoms with E-state index in [2.05, 4.69) is 27.3 Å². The predicted molar refractivity (Wildman–Crippen MR) is 58.5 cm³/mol. The van der Waals surface area contributed by atoms with E-state index in [0.717, 1.165) is 10.0 Å². The van der Waals surface area contributed by atoms with Crippen LogP contribution in [0.3, 0.4) is 0 Å². The third-order valence-electron chi connectivity index (χ3n) is 1.89. The van der Waals surface area contributed by atoms with E-state index in [1.807, 2.05) is 12.1 Å². The molecule has 1 aromatic carbocycles. The van der Waals surface area contributed by atoms with Gasteiger partial charge < -0.3 is 10.4 Å². The van der Waals surface area contributed by atoms with Crippen LogP contribution in [0.25, 0.3) is 0 Å². The molecule has 4 nitrogen and oxygen atoms in total. The minimum absolute atomic E-state index is 0.105. The summed E-state index contributed by atoms with van der Waals surface area (Å²) in [7, 11) is 0. The quantitative estimate of drug-likeness (QED) is 0.884. The second kappa shape index (κ2) is 5.37. The minimum Gasteiger partial charge on any atom is -0.465 e. The smallest absolute Gasteiger partial charge is 0.404 e. The number of nitrogens with one attached hydrogen (secondary N) is 1. The first kappa shape index (κ1) is 11.5. The molecule has 0 radical (unpaired) electrons. The zero-order valence-electron chi connectivity index (χ0n) is 7.77. The molecule has 0 aliphatic heterocycles. The van der Waals surface area contributed by atoms with Crippen molar-refractivity contribution in [2.24, 2.45) is 0 Å². The average Bonchev–Trinajstić information content (AvgIpc) is 2.21. The maximum atomic E-state index is 10.3. The summed E-state index contributed by atoms with van der Waals surface area (Å²) in [6, 6.07) is 9.28.